The molecule has 0 radical (unpaired) electrons. The molecular weight excluding hydrogens is 139 g/mol. The normalized spacial score (nSPS) is 39.9. The van der Waals surface area contributed by atoms with E-state index in [9.17, 15) is 9.18 Å². The van der Waals surface area contributed by atoms with E-state index in [-0.39, 0.29) is 6.61 Å². The molecule has 0 aromatic heterocycles. The second-order valence-electron chi connectivity index (χ2n) is 2.42. The van der Waals surface area contributed by atoms with E-state index < -0.39 is 24.2 Å². The summed E-state index contributed by atoms with van der Waals surface area (Å²) in [5.74, 6) is -1.37. The summed E-state index contributed by atoms with van der Waals surface area (Å²) < 4.78 is 17.0. The Morgan fingerprint density at radius 2 is 2.40 bits per heavy atom. The lowest BCUT2D eigenvalue weighted by Gasteiger charge is -2.08. The van der Waals surface area contributed by atoms with Gasteiger partial charge >= 0.3 is 5.97 Å². The largest absolute Gasteiger partial charge is 0.457 e. The number of aliphatic hydroxyl groups is 1. The molecule has 10 heavy (non-hydrogen) atoms. The van der Waals surface area contributed by atoms with Crippen LogP contribution in [-0.4, -0.2) is 30.0 Å². The fourth-order valence-corrected chi connectivity index (χ4v) is 0.928. The highest BCUT2D eigenvalue weighted by molar-refractivity contribution is 5.77. The summed E-state index contributed by atoms with van der Waals surface area (Å²) in [6.07, 6.45) is -2.21. The summed E-state index contributed by atoms with van der Waals surface area (Å²) in [4.78, 5) is 10.4. The quantitative estimate of drug-likeness (QED) is 0.527. The fourth-order valence-electron chi connectivity index (χ4n) is 0.928. The molecule has 0 aliphatic carbocycles. The first-order chi connectivity index (χ1) is 4.66. The van der Waals surface area contributed by atoms with Gasteiger partial charge in [0.2, 0.25) is 6.17 Å². The van der Waals surface area contributed by atoms with Crippen molar-refractivity contribution in [3.8, 4) is 0 Å². The van der Waals surface area contributed by atoms with Crippen LogP contribution in [0.5, 0.6) is 0 Å². The zero-order chi connectivity index (χ0) is 7.72. The Morgan fingerprint density at radius 1 is 1.80 bits per heavy atom. The summed E-state index contributed by atoms with van der Waals surface area (Å²) in [5.41, 5.74) is 0. The number of hydrogen-bond donors (Lipinski definition) is 1. The van der Waals surface area contributed by atoms with Crippen molar-refractivity contribution in [3.05, 3.63) is 0 Å². The van der Waals surface area contributed by atoms with Gasteiger partial charge in [0.25, 0.3) is 0 Å². The summed E-state index contributed by atoms with van der Waals surface area (Å²) in [7, 11) is 0. The number of carbonyl (C=O) groups is 1. The average molecular weight is 148 g/mol. The number of hydrogen-bond acceptors (Lipinski definition) is 3. The number of cyclic esters (lactones) is 1. The highest BCUT2D eigenvalue weighted by Gasteiger charge is 2.41. The molecule has 58 valence electrons. The van der Waals surface area contributed by atoms with Crippen LogP contribution in [0.3, 0.4) is 0 Å². The molecule has 1 heterocycles. The Bertz CT molecular complexity index is 148. The molecule has 1 N–H and O–H groups in total. The van der Waals surface area contributed by atoms with Crippen molar-refractivity contribution in [3.63, 3.8) is 0 Å². The third kappa shape index (κ3) is 0.988. The van der Waals surface area contributed by atoms with Crippen molar-refractivity contribution in [1.82, 2.24) is 0 Å². The molecule has 4 heteroatoms. The molecule has 0 saturated carbocycles. The Hall–Kier alpha value is -0.640. The number of ether oxygens (including phenoxy) is 1. The summed E-state index contributed by atoms with van der Waals surface area (Å²) in [5, 5.41) is 8.53. The smallest absolute Gasteiger partial charge is 0.341 e. The zero-order valence-corrected chi connectivity index (χ0v) is 5.58. The number of alkyl halides is 1. The molecule has 3 atom stereocenters. The third-order valence-corrected chi connectivity index (χ3v) is 1.72. The van der Waals surface area contributed by atoms with Crippen LogP contribution in [0.15, 0.2) is 0 Å². The minimum Gasteiger partial charge on any atom is -0.457 e. The minimum absolute atomic E-state index is 0.298. The van der Waals surface area contributed by atoms with Crippen LogP contribution in [0.25, 0.3) is 0 Å². The molecular formula is C6H9FO3. The second-order valence-corrected chi connectivity index (χ2v) is 2.42. The van der Waals surface area contributed by atoms with Crippen LogP contribution >= 0.6 is 0 Å². The first-order valence-corrected chi connectivity index (χ1v) is 3.12. The molecule has 1 fully saturated rings. The molecule has 0 amide bonds. The van der Waals surface area contributed by atoms with Gasteiger partial charge in [-0.3, -0.25) is 0 Å². The highest BCUT2D eigenvalue weighted by atomic mass is 19.1. The second kappa shape index (κ2) is 2.54. The Balaban J connectivity index is 2.61. The molecule has 0 aromatic carbocycles. The van der Waals surface area contributed by atoms with Gasteiger partial charge in [0.1, 0.15) is 6.10 Å². The molecule has 1 aliphatic rings. The van der Waals surface area contributed by atoms with E-state index in [0.29, 0.717) is 0 Å². The topological polar surface area (TPSA) is 46.5 Å². The van der Waals surface area contributed by atoms with Crippen LogP contribution in [-0.2, 0) is 9.53 Å². The number of esters is 1. The zero-order valence-electron chi connectivity index (χ0n) is 5.58. The molecule has 3 nitrogen and oxygen atoms in total. The Labute approximate surface area is 57.8 Å². The van der Waals surface area contributed by atoms with Gasteiger partial charge in [0.15, 0.2) is 0 Å². The van der Waals surface area contributed by atoms with Crippen molar-refractivity contribution in [2.24, 2.45) is 5.92 Å². The van der Waals surface area contributed by atoms with Gasteiger partial charge in [-0.1, -0.05) is 6.92 Å². The predicted octanol–water partition coefficient (Wildman–Crippen LogP) is -0.122. The van der Waals surface area contributed by atoms with Crippen molar-refractivity contribution in [2.75, 3.05) is 6.61 Å². The van der Waals surface area contributed by atoms with Crippen LogP contribution in [0.1, 0.15) is 6.92 Å². The Morgan fingerprint density at radius 3 is 2.60 bits per heavy atom. The number of aliphatic hydroxyl groups excluding tert-OH is 1. The number of halogens is 1. The highest BCUT2D eigenvalue weighted by Crippen LogP contribution is 2.23. The van der Waals surface area contributed by atoms with E-state index in [1.165, 1.54) is 6.92 Å². The monoisotopic (exact) mass is 148 g/mol. The van der Waals surface area contributed by atoms with Crippen molar-refractivity contribution >= 4 is 5.97 Å². The molecule has 0 unspecified atom stereocenters. The van der Waals surface area contributed by atoms with E-state index in [4.69, 9.17) is 5.11 Å². The standard InChI is InChI=1S/C6H9FO3/c1-3-4(2-8)10-6(9)5(3)7/h3-5,8H,2H2,1H3/t3-,4-,5+/m0/s1. The molecule has 1 rings (SSSR count). The predicted molar refractivity (Wildman–Crippen MR) is 31.0 cm³/mol. The van der Waals surface area contributed by atoms with E-state index in [0.717, 1.165) is 0 Å². The average Bonchev–Trinajstić information content (AvgIpc) is 2.17. The maximum Gasteiger partial charge on any atom is 0.341 e. The Kier molecular flexibility index (Phi) is 1.89. The third-order valence-electron chi connectivity index (χ3n) is 1.72. The van der Waals surface area contributed by atoms with Crippen LogP contribution in [0, 0.1) is 5.92 Å². The molecule has 0 spiro atoms. The van der Waals surface area contributed by atoms with E-state index in [1.807, 2.05) is 0 Å². The van der Waals surface area contributed by atoms with Gasteiger partial charge in [-0.15, -0.1) is 0 Å². The van der Waals surface area contributed by atoms with Gasteiger partial charge in [0, 0.05) is 5.92 Å². The number of carbonyl (C=O) groups excluding carboxylic acids is 1. The van der Waals surface area contributed by atoms with Gasteiger partial charge < -0.3 is 9.84 Å². The fraction of sp³-hybridized carbons (Fsp3) is 0.833. The molecule has 1 saturated heterocycles. The SMILES string of the molecule is C[C@H]1[C@H](CO)OC(=O)[C@@H]1F. The van der Waals surface area contributed by atoms with Gasteiger partial charge in [0.05, 0.1) is 6.61 Å². The minimum atomic E-state index is -1.56. The summed E-state index contributed by atoms with van der Waals surface area (Å²) >= 11 is 0. The maximum absolute atomic E-state index is 12.6. The van der Waals surface area contributed by atoms with Gasteiger partial charge in [-0.25, -0.2) is 9.18 Å². The lowest BCUT2D eigenvalue weighted by Crippen LogP contribution is -2.21. The van der Waals surface area contributed by atoms with Crippen LogP contribution < -0.4 is 0 Å². The molecule has 0 bridgehead atoms. The van der Waals surface area contributed by atoms with Crippen molar-refractivity contribution < 1.29 is 19.0 Å². The van der Waals surface area contributed by atoms with Gasteiger partial charge in [-0.2, -0.15) is 0 Å². The summed E-state index contributed by atoms with van der Waals surface area (Å²) in [6.45, 7) is 1.24. The lowest BCUT2D eigenvalue weighted by molar-refractivity contribution is -0.146. The van der Waals surface area contributed by atoms with Crippen molar-refractivity contribution in [2.45, 2.75) is 19.2 Å². The van der Waals surface area contributed by atoms with E-state index >= 15 is 0 Å². The van der Waals surface area contributed by atoms with E-state index in [2.05, 4.69) is 4.74 Å². The van der Waals surface area contributed by atoms with E-state index in [1.54, 1.807) is 0 Å². The van der Waals surface area contributed by atoms with Crippen molar-refractivity contribution in [1.29, 1.82) is 0 Å². The first kappa shape index (κ1) is 7.47. The lowest BCUT2D eigenvalue weighted by atomic mass is 10.0. The maximum atomic E-state index is 12.6. The summed E-state index contributed by atoms with van der Waals surface area (Å²) in [6, 6.07) is 0. The van der Waals surface area contributed by atoms with Crippen LogP contribution in [0.4, 0.5) is 4.39 Å². The van der Waals surface area contributed by atoms with Crippen LogP contribution in [0.2, 0.25) is 0 Å². The first-order valence-electron chi connectivity index (χ1n) is 3.12. The van der Waals surface area contributed by atoms with Gasteiger partial charge in [-0.05, 0) is 0 Å². The molecule has 0 aromatic rings. The molecule has 1 aliphatic heterocycles. The number of rotatable bonds is 1.